The van der Waals surface area contributed by atoms with Crippen molar-refractivity contribution in [3.8, 4) is 0 Å². The summed E-state index contributed by atoms with van der Waals surface area (Å²) in [6, 6.07) is 3.74. The minimum atomic E-state index is -0.335. The highest BCUT2D eigenvalue weighted by molar-refractivity contribution is 5.74. The van der Waals surface area contributed by atoms with E-state index in [0.29, 0.717) is 18.9 Å². The van der Waals surface area contributed by atoms with Gasteiger partial charge in [0.15, 0.2) is 0 Å². The highest BCUT2D eigenvalue weighted by Crippen LogP contribution is 2.22. The van der Waals surface area contributed by atoms with Crippen LogP contribution in [0.1, 0.15) is 37.7 Å². The second kappa shape index (κ2) is 9.09. The largest absolute Gasteiger partial charge is 0.334 e. The number of amides is 3. The summed E-state index contributed by atoms with van der Waals surface area (Å²) in [6.07, 6.45) is 7.43. The number of likely N-dealkylation sites (tertiary alicyclic amines) is 1. The van der Waals surface area contributed by atoms with Gasteiger partial charge in [-0.05, 0) is 49.3 Å². The fourth-order valence-electron chi connectivity index (χ4n) is 2.82. The third-order valence-electron chi connectivity index (χ3n) is 4.24. The molecule has 0 aromatic carbocycles. The number of carbonyl (C=O) groups is 2. The van der Waals surface area contributed by atoms with Crippen LogP contribution in [-0.4, -0.2) is 40.1 Å². The minimum Gasteiger partial charge on any atom is -0.334 e. The zero-order valence-electron chi connectivity index (χ0n) is 13.2. The van der Waals surface area contributed by atoms with Gasteiger partial charge in [-0.3, -0.25) is 15.0 Å². The summed E-state index contributed by atoms with van der Waals surface area (Å²) in [4.78, 5) is 28.9. The van der Waals surface area contributed by atoms with E-state index in [1.165, 1.54) is 0 Å². The number of carbonyl (C=O) groups excluding carboxylic acids is 2. The number of hydroxylamine groups is 1. The summed E-state index contributed by atoms with van der Waals surface area (Å²) in [6.45, 7) is 2.01. The predicted molar refractivity (Wildman–Crippen MR) is 84.5 cm³/mol. The van der Waals surface area contributed by atoms with Crippen molar-refractivity contribution in [2.45, 2.75) is 38.6 Å². The lowest BCUT2D eigenvalue weighted by Crippen LogP contribution is -2.44. The van der Waals surface area contributed by atoms with Gasteiger partial charge in [0.25, 0.3) is 0 Å². The van der Waals surface area contributed by atoms with E-state index in [1.54, 1.807) is 17.9 Å². The van der Waals surface area contributed by atoms with Gasteiger partial charge in [-0.2, -0.15) is 0 Å². The average Bonchev–Trinajstić information content (AvgIpc) is 2.61. The Morgan fingerprint density at radius 2 is 1.96 bits per heavy atom. The van der Waals surface area contributed by atoms with Crippen molar-refractivity contribution in [1.29, 1.82) is 0 Å². The smallest absolute Gasteiger partial charge is 0.317 e. The van der Waals surface area contributed by atoms with Gasteiger partial charge in [-0.15, -0.1) is 0 Å². The number of urea groups is 1. The molecule has 0 aliphatic carbocycles. The van der Waals surface area contributed by atoms with Gasteiger partial charge in [-0.25, -0.2) is 10.3 Å². The molecule has 1 aliphatic rings. The van der Waals surface area contributed by atoms with Crippen LogP contribution in [0, 0.1) is 5.92 Å². The van der Waals surface area contributed by atoms with Gasteiger partial charge in [0.05, 0.1) is 0 Å². The van der Waals surface area contributed by atoms with Gasteiger partial charge in [0, 0.05) is 38.4 Å². The Bertz CT molecular complexity index is 501. The lowest BCUT2D eigenvalue weighted by molar-refractivity contribution is -0.129. The molecule has 0 bridgehead atoms. The van der Waals surface area contributed by atoms with E-state index >= 15 is 0 Å². The monoisotopic (exact) mass is 320 g/mol. The second-order valence-electron chi connectivity index (χ2n) is 5.87. The summed E-state index contributed by atoms with van der Waals surface area (Å²) < 4.78 is 0. The Kier molecular flexibility index (Phi) is 6.80. The molecule has 3 amide bonds. The molecule has 126 valence electrons. The Balaban J connectivity index is 1.63. The maximum atomic E-state index is 12.1. The SMILES string of the molecule is O=C(CCCC1CCN(C(=O)NCc2ccncc2)CC1)NO. The lowest BCUT2D eigenvalue weighted by Gasteiger charge is -2.32. The molecular formula is C16H24N4O3. The van der Waals surface area contributed by atoms with Gasteiger partial charge in [0.2, 0.25) is 5.91 Å². The van der Waals surface area contributed by atoms with Crippen molar-refractivity contribution in [2.75, 3.05) is 13.1 Å². The van der Waals surface area contributed by atoms with Crippen LogP contribution in [0.3, 0.4) is 0 Å². The van der Waals surface area contributed by atoms with Crippen molar-refractivity contribution in [1.82, 2.24) is 20.7 Å². The number of hydrogen-bond acceptors (Lipinski definition) is 4. The van der Waals surface area contributed by atoms with Gasteiger partial charge >= 0.3 is 6.03 Å². The van der Waals surface area contributed by atoms with Crippen LogP contribution in [0.2, 0.25) is 0 Å². The fourth-order valence-corrected chi connectivity index (χ4v) is 2.82. The second-order valence-corrected chi connectivity index (χ2v) is 5.87. The molecule has 2 heterocycles. The first-order valence-electron chi connectivity index (χ1n) is 8.03. The van der Waals surface area contributed by atoms with Gasteiger partial charge in [-0.1, -0.05) is 0 Å². The summed E-state index contributed by atoms with van der Waals surface area (Å²) in [5, 5.41) is 11.4. The maximum absolute atomic E-state index is 12.1. The standard InChI is InChI=1S/C16H24N4O3/c21-15(19-23)3-1-2-13-6-10-20(11-7-13)16(22)18-12-14-4-8-17-9-5-14/h4-5,8-9,13,23H,1-3,6-7,10-12H2,(H,18,22)(H,19,21). The molecule has 1 aromatic rings. The van der Waals surface area contributed by atoms with E-state index in [0.717, 1.165) is 44.3 Å². The van der Waals surface area contributed by atoms with Crippen molar-refractivity contribution < 1.29 is 14.8 Å². The number of hydrogen-bond donors (Lipinski definition) is 3. The van der Waals surface area contributed by atoms with Crippen LogP contribution in [-0.2, 0) is 11.3 Å². The van der Waals surface area contributed by atoms with E-state index in [2.05, 4.69) is 10.3 Å². The molecule has 2 rings (SSSR count). The van der Waals surface area contributed by atoms with Crippen LogP contribution >= 0.6 is 0 Å². The fraction of sp³-hybridized carbons (Fsp3) is 0.562. The van der Waals surface area contributed by atoms with Crippen LogP contribution in [0.4, 0.5) is 4.79 Å². The summed E-state index contributed by atoms with van der Waals surface area (Å²) in [5.41, 5.74) is 2.68. The molecule has 0 spiro atoms. The molecule has 0 unspecified atom stereocenters. The molecule has 3 N–H and O–H groups in total. The Labute approximate surface area is 136 Å². The number of nitrogens with one attached hydrogen (secondary N) is 2. The highest BCUT2D eigenvalue weighted by Gasteiger charge is 2.22. The van der Waals surface area contributed by atoms with Crippen LogP contribution in [0.25, 0.3) is 0 Å². The zero-order chi connectivity index (χ0) is 16.5. The Hall–Kier alpha value is -2.15. The molecule has 0 saturated carbocycles. The van der Waals surface area contributed by atoms with Crippen molar-refractivity contribution >= 4 is 11.9 Å². The van der Waals surface area contributed by atoms with Crippen LogP contribution in [0.15, 0.2) is 24.5 Å². The summed E-state index contributed by atoms with van der Waals surface area (Å²) >= 11 is 0. The van der Waals surface area contributed by atoms with Gasteiger partial charge in [0.1, 0.15) is 0 Å². The number of pyridine rings is 1. The molecule has 1 aromatic heterocycles. The zero-order valence-corrected chi connectivity index (χ0v) is 13.2. The predicted octanol–water partition coefficient (Wildman–Crippen LogP) is 1.68. The molecule has 1 aliphatic heterocycles. The molecule has 1 fully saturated rings. The van der Waals surface area contributed by atoms with Crippen molar-refractivity contribution in [2.24, 2.45) is 5.92 Å². The van der Waals surface area contributed by atoms with Crippen LogP contribution in [0.5, 0.6) is 0 Å². The summed E-state index contributed by atoms with van der Waals surface area (Å²) in [7, 11) is 0. The quantitative estimate of drug-likeness (QED) is 0.549. The first kappa shape index (κ1) is 17.2. The summed E-state index contributed by atoms with van der Waals surface area (Å²) in [5.74, 6) is 0.212. The third kappa shape index (κ3) is 5.86. The third-order valence-corrected chi connectivity index (χ3v) is 4.24. The Morgan fingerprint density at radius 3 is 2.61 bits per heavy atom. The lowest BCUT2D eigenvalue weighted by atomic mass is 9.91. The number of nitrogens with zero attached hydrogens (tertiary/aromatic N) is 2. The highest BCUT2D eigenvalue weighted by atomic mass is 16.5. The van der Waals surface area contributed by atoms with Crippen molar-refractivity contribution in [3.63, 3.8) is 0 Å². The van der Waals surface area contributed by atoms with Crippen LogP contribution < -0.4 is 10.8 Å². The van der Waals surface area contributed by atoms with E-state index in [4.69, 9.17) is 5.21 Å². The molecule has 7 heteroatoms. The van der Waals surface area contributed by atoms with E-state index in [-0.39, 0.29) is 11.9 Å². The minimum absolute atomic E-state index is 0.0279. The first-order chi connectivity index (χ1) is 11.2. The van der Waals surface area contributed by atoms with E-state index in [1.807, 2.05) is 17.0 Å². The Morgan fingerprint density at radius 1 is 1.26 bits per heavy atom. The topological polar surface area (TPSA) is 94.6 Å². The van der Waals surface area contributed by atoms with Crippen molar-refractivity contribution in [3.05, 3.63) is 30.1 Å². The molecule has 0 atom stereocenters. The number of aromatic nitrogens is 1. The molecular weight excluding hydrogens is 296 g/mol. The normalized spacial score (nSPS) is 15.3. The maximum Gasteiger partial charge on any atom is 0.317 e. The molecule has 23 heavy (non-hydrogen) atoms. The number of rotatable bonds is 6. The number of piperidine rings is 1. The average molecular weight is 320 g/mol. The van der Waals surface area contributed by atoms with E-state index in [9.17, 15) is 9.59 Å². The molecule has 7 nitrogen and oxygen atoms in total. The first-order valence-corrected chi connectivity index (χ1v) is 8.03. The van der Waals surface area contributed by atoms with E-state index < -0.39 is 0 Å². The van der Waals surface area contributed by atoms with Gasteiger partial charge < -0.3 is 10.2 Å². The molecule has 1 saturated heterocycles. The molecule has 0 radical (unpaired) electrons.